The quantitative estimate of drug-likeness (QED) is 0.636. The van der Waals surface area contributed by atoms with Crippen LogP contribution in [0.3, 0.4) is 0 Å². The number of carbonyl (C=O) groups excluding carboxylic acids is 2. The molecule has 1 aliphatic carbocycles. The monoisotopic (exact) mass is 450 g/mol. The van der Waals surface area contributed by atoms with Gasteiger partial charge in [-0.1, -0.05) is 60.1 Å². The van der Waals surface area contributed by atoms with Crippen LogP contribution >= 0.6 is 11.6 Å². The van der Waals surface area contributed by atoms with Crippen LogP contribution in [0, 0.1) is 28.1 Å². The third-order valence-electron chi connectivity index (χ3n) is 7.28. The number of nitrogens with one attached hydrogen (secondary N) is 1. The van der Waals surface area contributed by atoms with Gasteiger partial charge in [0.1, 0.15) is 10.8 Å². The van der Waals surface area contributed by atoms with E-state index in [1.165, 1.54) is 0 Å². The molecule has 0 unspecified atom stereocenters. The number of amides is 2. The Morgan fingerprint density at radius 1 is 0.879 bits per heavy atom. The maximum atomic E-state index is 14.3. The Bertz CT molecular complexity index is 1460. The normalized spacial score (nSPS) is 25.4. The molecule has 0 saturated heterocycles. The molecule has 3 aromatic carbocycles. The number of rotatable bonds is 2. The van der Waals surface area contributed by atoms with Crippen LogP contribution in [0.5, 0.6) is 0 Å². The van der Waals surface area contributed by atoms with Crippen LogP contribution in [0.25, 0.3) is 0 Å². The first-order valence-corrected chi connectivity index (χ1v) is 10.8. The van der Waals surface area contributed by atoms with Crippen LogP contribution in [-0.4, -0.2) is 11.8 Å². The summed E-state index contributed by atoms with van der Waals surface area (Å²) in [5.74, 6) is -0.966. The largest absolute Gasteiger partial charge is 0.325 e. The van der Waals surface area contributed by atoms with Crippen molar-refractivity contribution in [2.75, 3.05) is 10.2 Å². The zero-order chi connectivity index (χ0) is 23.0. The average molecular weight is 451 g/mol. The lowest BCUT2D eigenvalue weighted by Crippen LogP contribution is -2.38. The number of halogens is 1. The summed E-state index contributed by atoms with van der Waals surface area (Å²) in [6.45, 7) is 0.238. The highest BCUT2D eigenvalue weighted by Gasteiger charge is 3.00. The molecule has 6 nitrogen and oxygen atoms in total. The van der Waals surface area contributed by atoms with Gasteiger partial charge in [-0.2, -0.15) is 10.5 Å². The lowest BCUT2D eigenvalue weighted by Gasteiger charge is -2.19. The number of benzene rings is 3. The second kappa shape index (κ2) is 6.22. The number of nitrogens with zero attached hydrogens (tertiary/aromatic N) is 3. The first-order valence-electron chi connectivity index (χ1n) is 10.4. The Balaban J connectivity index is 1.67. The molecular formula is C26H15ClN4O2. The van der Waals surface area contributed by atoms with Gasteiger partial charge in [0.15, 0.2) is 5.41 Å². The molecule has 1 saturated carbocycles. The Morgan fingerprint density at radius 3 is 2.30 bits per heavy atom. The van der Waals surface area contributed by atoms with Crippen molar-refractivity contribution in [3.8, 4) is 12.1 Å². The minimum atomic E-state index is -1.92. The van der Waals surface area contributed by atoms with Crippen molar-refractivity contribution in [1.29, 1.82) is 10.5 Å². The van der Waals surface area contributed by atoms with Gasteiger partial charge < -0.3 is 10.2 Å². The fourth-order valence-corrected chi connectivity index (χ4v) is 6.22. The van der Waals surface area contributed by atoms with E-state index >= 15 is 0 Å². The van der Waals surface area contributed by atoms with Crippen LogP contribution in [0.15, 0.2) is 72.8 Å². The van der Waals surface area contributed by atoms with Crippen LogP contribution < -0.4 is 10.2 Å². The van der Waals surface area contributed by atoms with E-state index in [2.05, 4.69) is 17.5 Å². The number of anilines is 2. The molecule has 0 aromatic heterocycles. The molecule has 158 valence electrons. The van der Waals surface area contributed by atoms with Gasteiger partial charge in [-0.15, -0.1) is 0 Å². The molecule has 0 radical (unpaired) electrons. The molecule has 0 bridgehead atoms. The van der Waals surface area contributed by atoms with Gasteiger partial charge in [0.05, 0.1) is 18.7 Å². The fraction of sp³-hybridized carbons (Fsp3) is 0.154. The van der Waals surface area contributed by atoms with Gasteiger partial charge in [-0.25, -0.2) is 0 Å². The summed E-state index contributed by atoms with van der Waals surface area (Å²) in [5, 5.41) is 23.9. The summed E-state index contributed by atoms with van der Waals surface area (Å²) >= 11 is 6.35. The van der Waals surface area contributed by atoms with Crippen LogP contribution in [0.4, 0.5) is 11.4 Å². The number of hydrogen-bond acceptors (Lipinski definition) is 4. The number of para-hydroxylation sites is 1. The van der Waals surface area contributed by atoms with Crippen molar-refractivity contribution >= 4 is 34.8 Å². The second-order valence-corrected chi connectivity index (χ2v) is 8.95. The minimum Gasteiger partial charge on any atom is -0.325 e. The number of carbonyl (C=O) groups is 2. The van der Waals surface area contributed by atoms with Crippen LogP contribution in [-0.2, 0) is 27.0 Å². The van der Waals surface area contributed by atoms with Crippen molar-refractivity contribution in [3.05, 3.63) is 94.5 Å². The van der Waals surface area contributed by atoms with Crippen molar-refractivity contribution in [3.63, 3.8) is 0 Å². The molecule has 1 N–H and O–H groups in total. The van der Waals surface area contributed by atoms with Crippen LogP contribution in [0.1, 0.15) is 16.7 Å². The van der Waals surface area contributed by atoms with E-state index < -0.39 is 28.1 Å². The van der Waals surface area contributed by atoms with Crippen molar-refractivity contribution < 1.29 is 9.59 Å². The van der Waals surface area contributed by atoms with Gasteiger partial charge in [-0.05, 0) is 41.0 Å². The second-order valence-electron chi connectivity index (χ2n) is 8.51. The SMILES string of the molecule is N#CC1(C#N)[C@@]2(C(=O)Nc3ccccc32)[C@]12C(=O)N(Cc1ccccc1)c1ccc(Cl)cc12. The standard InChI is InChI=1S/C26H15ClN4O2/c27-17-10-11-21-19(12-17)26(23(33)31(21)13-16-6-2-1-3-7-16)24(14-28,15-29)25(26)18-8-4-5-9-20(18)30-22(25)32/h1-12H,13H2,(H,30,32)/t25-,26-/m1/s1. The molecule has 7 heteroatoms. The number of fused-ring (bicyclic) bond motifs is 5. The highest BCUT2D eigenvalue weighted by atomic mass is 35.5. The van der Waals surface area contributed by atoms with E-state index in [4.69, 9.17) is 11.6 Å². The van der Waals surface area contributed by atoms with E-state index in [0.717, 1.165) is 5.56 Å². The lowest BCUT2D eigenvalue weighted by molar-refractivity contribution is -0.124. The summed E-state index contributed by atoms with van der Waals surface area (Å²) in [5.41, 5.74) is -2.42. The number of nitriles is 2. The van der Waals surface area contributed by atoms with Crippen molar-refractivity contribution in [2.45, 2.75) is 17.4 Å². The minimum absolute atomic E-state index is 0.238. The van der Waals surface area contributed by atoms with Crippen molar-refractivity contribution in [1.82, 2.24) is 0 Å². The Hall–Kier alpha value is -4.13. The molecule has 2 atom stereocenters. The molecule has 2 amide bonds. The van der Waals surface area contributed by atoms with Gasteiger partial charge in [0, 0.05) is 16.4 Å². The van der Waals surface area contributed by atoms with Gasteiger partial charge in [0.25, 0.3) is 0 Å². The molecule has 33 heavy (non-hydrogen) atoms. The predicted octanol–water partition coefficient (Wildman–Crippen LogP) is 4.06. The van der Waals surface area contributed by atoms with E-state index in [0.29, 0.717) is 27.5 Å². The molecule has 6 rings (SSSR count). The van der Waals surface area contributed by atoms with E-state index in [9.17, 15) is 20.1 Å². The average Bonchev–Trinajstić information content (AvgIpc) is 3.16. The zero-order valence-corrected chi connectivity index (χ0v) is 17.9. The third-order valence-corrected chi connectivity index (χ3v) is 7.52. The van der Waals surface area contributed by atoms with E-state index in [1.807, 2.05) is 30.3 Å². The summed E-state index contributed by atoms with van der Waals surface area (Å²) in [7, 11) is 0. The first kappa shape index (κ1) is 19.5. The maximum Gasteiger partial charge on any atom is 0.242 e. The maximum absolute atomic E-state index is 14.3. The Labute approximate surface area is 194 Å². The molecule has 1 fully saturated rings. The van der Waals surface area contributed by atoms with Crippen molar-refractivity contribution in [2.24, 2.45) is 5.41 Å². The highest BCUT2D eigenvalue weighted by molar-refractivity contribution is 6.32. The van der Waals surface area contributed by atoms with E-state index in [1.54, 1.807) is 47.4 Å². The summed E-state index contributed by atoms with van der Waals surface area (Å²) < 4.78 is 0. The van der Waals surface area contributed by atoms with Gasteiger partial charge >= 0.3 is 0 Å². The highest BCUT2D eigenvalue weighted by Crippen LogP contribution is 2.83. The molecule has 2 aliphatic heterocycles. The molecule has 2 spiro atoms. The predicted molar refractivity (Wildman–Crippen MR) is 121 cm³/mol. The zero-order valence-electron chi connectivity index (χ0n) is 17.2. The topological polar surface area (TPSA) is 97.0 Å². The lowest BCUT2D eigenvalue weighted by atomic mass is 9.83. The first-order chi connectivity index (χ1) is 16.0. The number of hydrogen-bond donors (Lipinski definition) is 1. The fourth-order valence-electron chi connectivity index (χ4n) is 6.04. The third kappa shape index (κ3) is 1.91. The van der Waals surface area contributed by atoms with Gasteiger partial charge in [0.2, 0.25) is 11.8 Å². The Kier molecular flexibility index (Phi) is 3.69. The van der Waals surface area contributed by atoms with Crippen LogP contribution in [0.2, 0.25) is 5.02 Å². The molecule has 2 heterocycles. The summed E-state index contributed by atoms with van der Waals surface area (Å²) in [4.78, 5) is 29.5. The molecule has 3 aromatic rings. The van der Waals surface area contributed by atoms with Gasteiger partial charge in [-0.3, -0.25) is 9.59 Å². The smallest absolute Gasteiger partial charge is 0.242 e. The van der Waals surface area contributed by atoms with E-state index in [-0.39, 0.29) is 6.54 Å². The molecule has 3 aliphatic rings. The summed E-state index contributed by atoms with van der Waals surface area (Å²) in [6.07, 6.45) is 0. The summed E-state index contributed by atoms with van der Waals surface area (Å²) in [6, 6.07) is 25.6. The Morgan fingerprint density at radius 2 is 1.58 bits per heavy atom. The molecular weight excluding hydrogens is 436 g/mol.